The van der Waals surface area contributed by atoms with Gasteiger partial charge in [0, 0.05) is 30.2 Å². The molecule has 3 N–H and O–H groups in total. The third-order valence-corrected chi connectivity index (χ3v) is 4.23. The molecule has 2 heterocycles. The van der Waals surface area contributed by atoms with Gasteiger partial charge in [0.15, 0.2) is 0 Å². The van der Waals surface area contributed by atoms with E-state index in [-0.39, 0.29) is 30.4 Å². The molecule has 1 aromatic carbocycles. The monoisotopic (exact) mass is 321 g/mol. The topological polar surface area (TPSA) is 62.1 Å². The van der Waals surface area contributed by atoms with Crippen LogP contribution in [-0.2, 0) is 4.79 Å². The summed E-state index contributed by atoms with van der Waals surface area (Å²) in [7, 11) is 0. The molecule has 0 bridgehead atoms. The first-order valence-corrected chi connectivity index (χ1v) is 7.78. The Morgan fingerprint density at radius 2 is 2.18 bits per heavy atom. The molecule has 1 fully saturated rings. The highest BCUT2D eigenvalue weighted by molar-refractivity contribution is 5.85. The van der Waals surface area contributed by atoms with E-state index >= 15 is 0 Å². The van der Waals surface area contributed by atoms with E-state index < -0.39 is 0 Å². The average molecular weight is 322 g/mol. The first-order valence-electron chi connectivity index (χ1n) is 7.78. The van der Waals surface area contributed by atoms with E-state index in [4.69, 9.17) is 5.73 Å². The maximum absolute atomic E-state index is 12.4. The third kappa shape index (κ3) is 3.45. The quantitative estimate of drug-likeness (QED) is 0.910. The number of hydrogen-bond donors (Lipinski definition) is 2. The lowest BCUT2D eigenvalue weighted by Crippen LogP contribution is -2.40. The highest BCUT2D eigenvalue weighted by Gasteiger charge is 2.29. The second kappa shape index (κ2) is 7.16. The summed E-state index contributed by atoms with van der Waals surface area (Å²) >= 11 is 0. The number of H-pyrrole nitrogens is 1. The molecule has 3 rings (SSSR count). The van der Waals surface area contributed by atoms with Crippen LogP contribution >= 0.6 is 12.4 Å². The van der Waals surface area contributed by atoms with Gasteiger partial charge in [0.05, 0.1) is 6.04 Å². The normalized spacial score (nSPS) is 19.7. The van der Waals surface area contributed by atoms with E-state index in [2.05, 4.69) is 23.2 Å². The number of nitrogens with zero attached hydrogens (tertiary/aromatic N) is 1. The number of aromatic nitrogens is 1. The minimum absolute atomic E-state index is 0. The lowest BCUT2D eigenvalue weighted by molar-refractivity contribution is -0.135. The van der Waals surface area contributed by atoms with Crippen LogP contribution in [-0.4, -0.2) is 28.4 Å². The number of aromatic amines is 1. The minimum atomic E-state index is -0.0807. The number of halogens is 1. The smallest absolute Gasteiger partial charge is 0.224 e. The molecule has 0 spiro atoms. The molecule has 120 valence electrons. The number of benzene rings is 1. The molecule has 2 aromatic rings. The largest absolute Gasteiger partial charge is 0.357 e. The number of rotatable bonds is 3. The number of para-hydroxylation sites is 1. The average Bonchev–Trinajstić information content (AvgIpc) is 2.90. The fourth-order valence-electron chi connectivity index (χ4n) is 3.22. The zero-order chi connectivity index (χ0) is 14.8. The number of nitrogens with two attached hydrogens (primary N) is 1. The van der Waals surface area contributed by atoms with Crippen LogP contribution < -0.4 is 5.73 Å². The number of piperidine rings is 1. The first-order chi connectivity index (χ1) is 10.1. The van der Waals surface area contributed by atoms with Crippen molar-refractivity contribution in [1.29, 1.82) is 0 Å². The molecule has 1 aliphatic rings. The number of likely N-dealkylation sites (tertiary alicyclic amines) is 1. The van der Waals surface area contributed by atoms with Gasteiger partial charge < -0.3 is 15.6 Å². The zero-order valence-corrected chi connectivity index (χ0v) is 13.7. The van der Waals surface area contributed by atoms with E-state index in [1.807, 2.05) is 24.0 Å². The van der Waals surface area contributed by atoms with Crippen molar-refractivity contribution in [3.05, 3.63) is 36.0 Å². The van der Waals surface area contributed by atoms with Crippen molar-refractivity contribution in [2.45, 2.75) is 44.7 Å². The highest BCUT2D eigenvalue weighted by Crippen LogP contribution is 2.32. The lowest BCUT2D eigenvalue weighted by Gasteiger charge is -2.35. The van der Waals surface area contributed by atoms with Gasteiger partial charge in [0.1, 0.15) is 0 Å². The molecule has 1 amide bonds. The van der Waals surface area contributed by atoms with Crippen molar-refractivity contribution in [3.8, 4) is 0 Å². The van der Waals surface area contributed by atoms with Gasteiger partial charge in [-0.3, -0.25) is 4.79 Å². The summed E-state index contributed by atoms with van der Waals surface area (Å²) in [4.78, 5) is 17.9. The van der Waals surface area contributed by atoms with Crippen molar-refractivity contribution in [3.63, 3.8) is 0 Å². The predicted octanol–water partition coefficient (Wildman–Crippen LogP) is 3.38. The van der Waals surface area contributed by atoms with Crippen LogP contribution in [0.15, 0.2) is 30.3 Å². The predicted molar refractivity (Wildman–Crippen MR) is 92.1 cm³/mol. The van der Waals surface area contributed by atoms with Gasteiger partial charge in [-0.15, -0.1) is 12.4 Å². The fourth-order valence-corrected chi connectivity index (χ4v) is 3.22. The van der Waals surface area contributed by atoms with E-state index in [0.29, 0.717) is 6.42 Å². The Labute approximate surface area is 137 Å². The molecule has 0 aliphatic carbocycles. The molecule has 1 aliphatic heterocycles. The van der Waals surface area contributed by atoms with Gasteiger partial charge in [-0.2, -0.15) is 0 Å². The van der Waals surface area contributed by atoms with Crippen molar-refractivity contribution in [2.24, 2.45) is 5.73 Å². The molecule has 0 radical (unpaired) electrons. The van der Waals surface area contributed by atoms with Crippen LogP contribution in [0.1, 0.15) is 44.3 Å². The van der Waals surface area contributed by atoms with Crippen LogP contribution in [0.4, 0.5) is 0 Å². The molecule has 2 atom stereocenters. The molecule has 1 saturated heterocycles. The van der Waals surface area contributed by atoms with Crippen LogP contribution in [0.3, 0.4) is 0 Å². The fraction of sp³-hybridized carbons (Fsp3) is 0.471. The number of hydrogen-bond acceptors (Lipinski definition) is 2. The van der Waals surface area contributed by atoms with Crippen LogP contribution in [0.5, 0.6) is 0 Å². The van der Waals surface area contributed by atoms with Crippen molar-refractivity contribution >= 4 is 29.2 Å². The molecule has 4 nitrogen and oxygen atoms in total. The zero-order valence-electron chi connectivity index (χ0n) is 12.9. The summed E-state index contributed by atoms with van der Waals surface area (Å²) in [6.45, 7) is 2.73. The minimum Gasteiger partial charge on any atom is -0.357 e. The van der Waals surface area contributed by atoms with E-state index in [1.165, 1.54) is 11.8 Å². The van der Waals surface area contributed by atoms with Gasteiger partial charge >= 0.3 is 0 Å². The second-order valence-corrected chi connectivity index (χ2v) is 6.09. The number of nitrogens with one attached hydrogen (secondary N) is 1. The standard InChI is InChI=1S/C17H23N3O.ClH/c1-12(18)10-17(21)20-9-5-4-8-16(20)15-11-13-6-2-3-7-14(13)19-15;/h2-3,6-7,11-12,16,19H,4-5,8-10,18H2,1H3;1H. The Morgan fingerprint density at radius 3 is 2.91 bits per heavy atom. The Bertz CT molecular complexity index is 605. The molecular formula is C17H24ClN3O. The number of carbonyl (C=O) groups excluding carboxylic acids is 1. The summed E-state index contributed by atoms with van der Waals surface area (Å²) in [6, 6.07) is 10.5. The first kappa shape index (κ1) is 16.8. The summed E-state index contributed by atoms with van der Waals surface area (Å²) < 4.78 is 0. The molecule has 1 aromatic heterocycles. The Hall–Kier alpha value is -1.52. The van der Waals surface area contributed by atoms with Crippen molar-refractivity contribution < 1.29 is 4.79 Å². The van der Waals surface area contributed by atoms with Crippen LogP contribution in [0, 0.1) is 0 Å². The van der Waals surface area contributed by atoms with Crippen LogP contribution in [0.2, 0.25) is 0 Å². The van der Waals surface area contributed by atoms with E-state index in [9.17, 15) is 4.79 Å². The highest BCUT2D eigenvalue weighted by atomic mass is 35.5. The summed E-state index contributed by atoms with van der Waals surface area (Å²) in [5.74, 6) is 0.174. The maximum Gasteiger partial charge on any atom is 0.224 e. The molecule has 22 heavy (non-hydrogen) atoms. The lowest BCUT2D eigenvalue weighted by atomic mass is 9.98. The van der Waals surface area contributed by atoms with Crippen molar-refractivity contribution in [1.82, 2.24) is 9.88 Å². The summed E-state index contributed by atoms with van der Waals surface area (Å²) in [6.07, 6.45) is 3.71. The SMILES string of the molecule is CC(N)CC(=O)N1CCCCC1c1cc2ccccc2[nH]1.Cl. The Kier molecular flexibility index (Phi) is 5.48. The Balaban J connectivity index is 0.00000176. The van der Waals surface area contributed by atoms with E-state index in [1.54, 1.807) is 0 Å². The maximum atomic E-state index is 12.4. The van der Waals surface area contributed by atoms with Crippen molar-refractivity contribution in [2.75, 3.05) is 6.54 Å². The number of carbonyl (C=O) groups is 1. The number of fused-ring (bicyclic) bond motifs is 1. The third-order valence-electron chi connectivity index (χ3n) is 4.23. The van der Waals surface area contributed by atoms with Gasteiger partial charge in [0.25, 0.3) is 0 Å². The molecule has 0 saturated carbocycles. The Morgan fingerprint density at radius 1 is 1.41 bits per heavy atom. The van der Waals surface area contributed by atoms with Gasteiger partial charge in [0.2, 0.25) is 5.91 Å². The molecular weight excluding hydrogens is 298 g/mol. The molecule has 5 heteroatoms. The summed E-state index contributed by atoms with van der Waals surface area (Å²) in [5, 5.41) is 1.21. The molecule has 2 unspecified atom stereocenters. The van der Waals surface area contributed by atoms with E-state index in [0.717, 1.165) is 30.6 Å². The summed E-state index contributed by atoms with van der Waals surface area (Å²) in [5.41, 5.74) is 8.07. The van der Waals surface area contributed by atoms with Gasteiger partial charge in [-0.05, 0) is 43.7 Å². The van der Waals surface area contributed by atoms with Gasteiger partial charge in [-0.1, -0.05) is 18.2 Å². The second-order valence-electron chi connectivity index (χ2n) is 6.09. The van der Waals surface area contributed by atoms with Gasteiger partial charge in [-0.25, -0.2) is 0 Å². The van der Waals surface area contributed by atoms with Crippen LogP contribution in [0.25, 0.3) is 10.9 Å². The number of amides is 1.